The van der Waals surface area contributed by atoms with E-state index in [1.54, 1.807) is 26.8 Å². The Balaban J connectivity index is 3.06. The number of amides is 1. The third kappa shape index (κ3) is 3.84. The summed E-state index contributed by atoms with van der Waals surface area (Å²) in [6.45, 7) is 5.51. The Labute approximate surface area is 122 Å². The molecule has 1 amide bonds. The second-order valence-corrected chi connectivity index (χ2v) is 5.11. The van der Waals surface area contributed by atoms with Crippen LogP contribution in [0.4, 0.5) is 11.4 Å². The Kier molecular flexibility index (Phi) is 5.33. The summed E-state index contributed by atoms with van der Waals surface area (Å²) in [4.78, 5) is 22.5. The van der Waals surface area contributed by atoms with Crippen molar-refractivity contribution in [1.82, 2.24) is 0 Å². The van der Waals surface area contributed by atoms with Gasteiger partial charge in [-0.25, -0.2) is 0 Å². The van der Waals surface area contributed by atoms with E-state index in [1.807, 2.05) is 0 Å². The molecule has 110 valence electrons. The molecule has 0 bridgehead atoms. The largest absolute Gasteiger partial charge is 0.494 e. The van der Waals surface area contributed by atoms with Crippen LogP contribution in [-0.2, 0) is 4.79 Å². The molecular formula is C13H17ClN2O4. The summed E-state index contributed by atoms with van der Waals surface area (Å²) >= 11 is 5.71. The lowest BCUT2D eigenvalue weighted by Crippen LogP contribution is -2.32. The van der Waals surface area contributed by atoms with E-state index >= 15 is 0 Å². The van der Waals surface area contributed by atoms with Crippen LogP contribution in [0.25, 0.3) is 0 Å². The molecule has 1 aromatic rings. The number of anilines is 1. The van der Waals surface area contributed by atoms with Gasteiger partial charge in [-0.2, -0.15) is 0 Å². The molecule has 0 atom stereocenters. The first-order valence-corrected chi connectivity index (χ1v) is 6.64. The molecule has 6 nitrogen and oxygen atoms in total. The fourth-order valence-corrected chi connectivity index (χ4v) is 1.50. The fraction of sp³-hybridized carbons (Fsp3) is 0.462. The molecule has 20 heavy (non-hydrogen) atoms. The van der Waals surface area contributed by atoms with Gasteiger partial charge in [0.2, 0.25) is 5.91 Å². The zero-order valence-corrected chi connectivity index (χ0v) is 12.4. The highest BCUT2D eigenvalue weighted by Gasteiger charge is 2.28. The third-order valence-corrected chi connectivity index (χ3v) is 3.34. The van der Waals surface area contributed by atoms with Crippen molar-refractivity contribution in [3.63, 3.8) is 0 Å². The molecule has 1 rings (SSSR count). The van der Waals surface area contributed by atoms with Gasteiger partial charge in [0.05, 0.1) is 23.0 Å². The molecule has 0 aliphatic heterocycles. The molecule has 0 radical (unpaired) electrons. The van der Waals surface area contributed by atoms with Gasteiger partial charge in [0, 0.05) is 5.88 Å². The van der Waals surface area contributed by atoms with Crippen LogP contribution in [0.2, 0.25) is 0 Å². The van der Waals surface area contributed by atoms with Crippen molar-refractivity contribution < 1.29 is 14.5 Å². The summed E-state index contributed by atoms with van der Waals surface area (Å²) in [5.41, 5.74) is -0.898. The second kappa shape index (κ2) is 6.56. The number of carbonyl (C=O) groups excluding carboxylic acids is 1. The molecule has 0 aliphatic carbocycles. The predicted octanol–water partition coefficient (Wildman–Crippen LogP) is 3.20. The number of benzene rings is 1. The number of halogens is 1. The maximum absolute atomic E-state index is 12.0. The molecule has 0 heterocycles. The number of nitrogens with zero attached hydrogens (tertiary/aromatic N) is 1. The van der Waals surface area contributed by atoms with E-state index in [9.17, 15) is 14.9 Å². The van der Waals surface area contributed by atoms with E-state index in [-0.39, 0.29) is 23.2 Å². The normalized spacial score (nSPS) is 11.0. The smallest absolute Gasteiger partial charge is 0.296 e. The van der Waals surface area contributed by atoms with Crippen LogP contribution in [0, 0.1) is 15.5 Å². The molecule has 1 aromatic carbocycles. The number of rotatable bonds is 6. The highest BCUT2D eigenvalue weighted by Crippen LogP contribution is 2.30. The van der Waals surface area contributed by atoms with Crippen molar-refractivity contribution in [2.24, 2.45) is 5.41 Å². The molecule has 1 N–H and O–H groups in total. The monoisotopic (exact) mass is 300 g/mol. The number of nitro groups is 1. The first-order chi connectivity index (χ1) is 9.31. The highest BCUT2D eigenvalue weighted by atomic mass is 35.5. The maximum atomic E-state index is 12.0. The third-order valence-electron chi connectivity index (χ3n) is 2.67. The average Bonchev–Trinajstić information content (AvgIpc) is 2.40. The average molecular weight is 301 g/mol. The van der Waals surface area contributed by atoms with Crippen LogP contribution in [0.3, 0.4) is 0 Å². The van der Waals surface area contributed by atoms with Gasteiger partial charge in [-0.05, 0) is 32.9 Å². The van der Waals surface area contributed by atoms with E-state index in [2.05, 4.69) is 5.32 Å². The van der Waals surface area contributed by atoms with Crippen LogP contribution in [0.15, 0.2) is 18.2 Å². The summed E-state index contributed by atoms with van der Waals surface area (Å²) in [5.74, 6) is 0.123. The Bertz CT molecular complexity index is 517. The summed E-state index contributed by atoms with van der Waals surface area (Å²) in [6.07, 6.45) is 0. The molecule has 0 aromatic heterocycles. The second-order valence-electron chi connectivity index (χ2n) is 4.84. The van der Waals surface area contributed by atoms with Crippen molar-refractivity contribution in [2.45, 2.75) is 20.8 Å². The molecule has 0 aliphatic rings. The van der Waals surface area contributed by atoms with E-state index in [0.29, 0.717) is 12.4 Å². The summed E-state index contributed by atoms with van der Waals surface area (Å²) in [5, 5.41) is 13.6. The molecule has 7 heteroatoms. The van der Waals surface area contributed by atoms with Gasteiger partial charge in [0.15, 0.2) is 0 Å². The molecule has 0 saturated heterocycles. The van der Waals surface area contributed by atoms with Crippen molar-refractivity contribution in [3.8, 4) is 5.75 Å². The minimum absolute atomic E-state index is 0.115. The van der Waals surface area contributed by atoms with E-state index in [0.717, 1.165) is 0 Å². The SMILES string of the molecule is CCOc1ccc(NC(=O)C(C)(C)CCl)c([N+](=O)[O-])c1. The lowest BCUT2D eigenvalue weighted by atomic mass is 9.95. The van der Waals surface area contributed by atoms with Crippen molar-refractivity contribution in [2.75, 3.05) is 17.8 Å². The van der Waals surface area contributed by atoms with Gasteiger partial charge in [-0.1, -0.05) is 0 Å². The zero-order chi connectivity index (χ0) is 15.3. The Hall–Kier alpha value is -1.82. The Morgan fingerprint density at radius 3 is 2.65 bits per heavy atom. The summed E-state index contributed by atoms with van der Waals surface area (Å²) in [7, 11) is 0. The number of nitrogens with one attached hydrogen (secondary N) is 1. The van der Waals surface area contributed by atoms with Crippen LogP contribution < -0.4 is 10.1 Å². The van der Waals surface area contributed by atoms with Gasteiger partial charge in [0.1, 0.15) is 11.4 Å². The number of alkyl halides is 1. The van der Waals surface area contributed by atoms with Gasteiger partial charge in [-0.3, -0.25) is 14.9 Å². The molecular weight excluding hydrogens is 284 g/mol. The fourth-order valence-electron chi connectivity index (χ4n) is 1.38. The number of carbonyl (C=O) groups is 1. The predicted molar refractivity (Wildman–Crippen MR) is 77.4 cm³/mol. The first kappa shape index (κ1) is 16.2. The molecule has 0 saturated carbocycles. The van der Waals surface area contributed by atoms with Gasteiger partial charge < -0.3 is 10.1 Å². The number of hydrogen-bond donors (Lipinski definition) is 1. The van der Waals surface area contributed by atoms with E-state index in [1.165, 1.54) is 12.1 Å². The lowest BCUT2D eigenvalue weighted by molar-refractivity contribution is -0.384. The standard InChI is InChI=1S/C13H17ClN2O4/c1-4-20-9-5-6-10(11(7-9)16(18)19)15-12(17)13(2,3)8-14/h5-7H,4,8H2,1-3H3,(H,15,17). The Morgan fingerprint density at radius 2 is 2.15 bits per heavy atom. The van der Waals surface area contributed by atoms with E-state index < -0.39 is 10.3 Å². The first-order valence-electron chi connectivity index (χ1n) is 6.10. The van der Waals surface area contributed by atoms with Crippen LogP contribution in [-0.4, -0.2) is 23.3 Å². The molecule has 0 spiro atoms. The molecule has 0 unspecified atom stereocenters. The topological polar surface area (TPSA) is 81.5 Å². The van der Waals surface area contributed by atoms with Crippen molar-refractivity contribution >= 4 is 28.9 Å². The van der Waals surface area contributed by atoms with Crippen LogP contribution >= 0.6 is 11.6 Å². The molecule has 0 fully saturated rings. The van der Waals surface area contributed by atoms with Gasteiger partial charge in [-0.15, -0.1) is 11.6 Å². The van der Waals surface area contributed by atoms with Gasteiger partial charge in [0.25, 0.3) is 5.69 Å². The van der Waals surface area contributed by atoms with Crippen LogP contribution in [0.1, 0.15) is 20.8 Å². The number of ether oxygens (including phenoxy) is 1. The lowest BCUT2D eigenvalue weighted by Gasteiger charge is -2.20. The van der Waals surface area contributed by atoms with Crippen molar-refractivity contribution in [1.29, 1.82) is 0 Å². The highest BCUT2D eigenvalue weighted by molar-refractivity contribution is 6.20. The minimum atomic E-state index is -0.811. The number of nitro benzene ring substituents is 1. The maximum Gasteiger partial charge on any atom is 0.296 e. The minimum Gasteiger partial charge on any atom is -0.494 e. The van der Waals surface area contributed by atoms with Crippen molar-refractivity contribution in [3.05, 3.63) is 28.3 Å². The Morgan fingerprint density at radius 1 is 1.50 bits per heavy atom. The van der Waals surface area contributed by atoms with Crippen LogP contribution in [0.5, 0.6) is 5.75 Å². The zero-order valence-electron chi connectivity index (χ0n) is 11.6. The van der Waals surface area contributed by atoms with E-state index in [4.69, 9.17) is 16.3 Å². The summed E-state index contributed by atoms with van der Waals surface area (Å²) < 4.78 is 5.21. The number of hydrogen-bond acceptors (Lipinski definition) is 4. The quantitative estimate of drug-likeness (QED) is 0.497. The summed E-state index contributed by atoms with van der Waals surface area (Å²) in [6, 6.07) is 4.30. The van der Waals surface area contributed by atoms with Gasteiger partial charge >= 0.3 is 0 Å².